The maximum atomic E-state index is 13.0. The van der Waals surface area contributed by atoms with Gasteiger partial charge in [-0.15, -0.1) is 0 Å². The molecule has 1 aromatic rings. The van der Waals surface area contributed by atoms with E-state index in [1.54, 1.807) is 0 Å². The highest BCUT2D eigenvalue weighted by molar-refractivity contribution is 5.47. The molecule has 4 heteroatoms. The number of anilines is 1. The van der Waals surface area contributed by atoms with Gasteiger partial charge in [0.2, 0.25) is 0 Å². The fourth-order valence-corrected chi connectivity index (χ4v) is 2.80. The Morgan fingerprint density at radius 1 is 1.32 bits per heavy atom. The van der Waals surface area contributed by atoms with Gasteiger partial charge in [-0.25, -0.2) is 4.39 Å². The number of rotatable bonds is 3. The van der Waals surface area contributed by atoms with E-state index in [-0.39, 0.29) is 18.0 Å². The molecule has 2 rings (SSSR count). The maximum Gasteiger partial charge on any atom is 0.123 e. The van der Waals surface area contributed by atoms with Crippen molar-refractivity contribution in [3.8, 4) is 0 Å². The maximum absolute atomic E-state index is 13.0. The molecule has 1 unspecified atom stereocenters. The molecule has 19 heavy (non-hydrogen) atoms. The zero-order valence-electron chi connectivity index (χ0n) is 11.9. The van der Waals surface area contributed by atoms with Gasteiger partial charge >= 0.3 is 0 Å². The summed E-state index contributed by atoms with van der Waals surface area (Å²) in [6.45, 7) is 6.37. The normalized spacial score (nSPS) is 23.6. The molecule has 106 valence electrons. The molecular formula is C15H23FN2O. The van der Waals surface area contributed by atoms with Gasteiger partial charge in [-0.1, -0.05) is 0 Å². The molecule has 1 aliphatic rings. The van der Waals surface area contributed by atoms with Gasteiger partial charge in [-0.3, -0.25) is 4.90 Å². The summed E-state index contributed by atoms with van der Waals surface area (Å²) in [5, 5.41) is 9.20. The number of hydrogen-bond donors (Lipinski definition) is 1. The van der Waals surface area contributed by atoms with Gasteiger partial charge in [0.15, 0.2) is 0 Å². The number of likely N-dealkylation sites (N-methyl/N-ethyl adjacent to an activating group) is 1. The Kier molecular flexibility index (Phi) is 4.11. The molecule has 0 radical (unpaired) electrons. The summed E-state index contributed by atoms with van der Waals surface area (Å²) in [4.78, 5) is 4.61. The van der Waals surface area contributed by atoms with Gasteiger partial charge in [-0.05, 0) is 51.6 Å². The third-order valence-electron chi connectivity index (χ3n) is 4.17. The van der Waals surface area contributed by atoms with Gasteiger partial charge in [-0.2, -0.15) is 0 Å². The lowest BCUT2D eigenvalue weighted by molar-refractivity contribution is 0.0651. The summed E-state index contributed by atoms with van der Waals surface area (Å²) in [7, 11) is 2.11. The number of nitrogens with zero attached hydrogens (tertiary/aromatic N) is 2. The van der Waals surface area contributed by atoms with E-state index < -0.39 is 0 Å². The molecule has 3 nitrogen and oxygen atoms in total. The summed E-state index contributed by atoms with van der Waals surface area (Å²) in [5.74, 6) is -0.205. The molecule has 1 atom stereocenters. The van der Waals surface area contributed by atoms with Gasteiger partial charge < -0.3 is 10.0 Å². The van der Waals surface area contributed by atoms with Crippen molar-refractivity contribution in [2.24, 2.45) is 0 Å². The molecule has 1 N–H and O–H groups in total. The van der Waals surface area contributed by atoms with Crippen molar-refractivity contribution in [3.63, 3.8) is 0 Å². The van der Waals surface area contributed by atoms with Crippen LogP contribution >= 0.6 is 0 Å². The number of hydrogen-bond acceptors (Lipinski definition) is 3. The number of aliphatic hydroxyl groups excluding tert-OH is 1. The Morgan fingerprint density at radius 2 is 1.95 bits per heavy atom. The molecule has 1 aromatic carbocycles. The molecule has 0 spiro atoms. The molecule has 1 heterocycles. The van der Waals surface area contributed by atoms with Crippen molar-refractivity contribution in [1.29, 1.82) is 0 Å². The van der Waals surface area contributed by atoms with Gasteiger partial charge in [0.25, 0.3) is 0 Å². The highest BCUT2D eigenvalue weighted by Gasteiger charge is 2.37. The van der Waals surface area contributed by atoms with Crippen molar-refractivity contribution in [2.75, 3.05) is 31.6 Å². The van der Waals surface area contributed by atoms with Crippen molar-refractivity contribution in [2.45, 2.75) is 31.8 Å². The fraction of sp³-hybridized carbons (Fsp3) is 0.600. The first kappa shape index (κ1) is 14.3. The van der Waals surface area contributed by atoms with E-state index in [1.165, 1.54) is 12.1 Å². The summed E-state index contributed by atoms with van der Waals surface area (Å²) in [5.41, 5.74) is 1.08. The molecule has 0 amide bonds. The van der Waals surface area contributed by atoms with E-state index in [4.69, 9.17) is 0 Å². The van der Waals surface area contributed by atoms with Crippen LogP contribution in [0.15, 0.2) is 24.3 Å². The highest BCUT2D eigenvalue weighted by atomic mass is 19.1. The SMILES string of the molecule is CN1C(CCO)CN(c2ccc(F)cc2)CC1(C)C. The Hall–Kier alpha value is -1.13. The molecule has 0 bridgehead atoms. The predicted octanol–water partition coefficient (Wildman–Crippen LogP) is 2.11. The number of halogens is 1. The second-order valence-corrected chi connectivity index (χ2v) is 5.95. The van der Waals surface area contributed by atoms with Crippen LogP contribution in [0.3, 0.4) is 0 Å². The van der Waals surface area contributed by atoms with Crippen LogP contribution in [0.4, 0.5) is 10.1 Å². The number of benzene rings is 1. The minimum Gasteiger partial charge on any atom is -0.396 e. The van der Waals surface area contributed by atoms with Crippen molar-refractivity contribution in [1.82, 2.24) is 4.90 Å². The van der Waals surface area contributed by atoms with Crippen LogP contribution < -0.4 is 4.90 Å². The van der Waals surface area contributed by atoms with Crippen LogP contribution in [0.2, 0.25) is 0 Å². The smallest absolute Gasteiger partial charge is 0.123 e. The summed E-state index contributed by atoms with van der Waals surface area (Å²) in [6.07, 6.45) is 0.762. The van der Waals surface area contributed by atoms with Gasteiger partial charge in [0.05, 0.1) is 0 Å². The predicted molar refractivity (Wildman–Crippen MR) is 75.9 cm³/mol. The topological polar surface area (TPSA) is 26.7 Å². The van der Waals surface area contributed by atoms with Gasteiger partial charge in [0, 0.05) is 37.0 Å². The van der Waals surface area contributed by atoms with Crippen LogP contribution in [0, 0.1) is 5.82 Å². The molecule has 1 aliphatic heterocycles. The lowest BCUT2D eigenvalue weighted by atomic mass is 9.94. The lowest BCUT2D eigenvalue weighted by Gasteiger charge is -2.51. The molecular weight excluding hydrogens is 243 g/mol. The van der Waals surface area contributed by atoms with Crippen LogP contribution in [0.1, 0.15) is 20.3 Å². The third-order valence-corrected chi connectivity index (χ3v) is 4.17. The Balaban J connectivity index is 2.20. The minimum atomic E-state index is -0.205. The van der Waals surface area contributed by atoms with E-state index in [2.05, 4.69) is 30.7 Å². The van der Waals surface area contributed by atoms with Crippen LogP contribution in [-0.4, -0.2) is 48.3 Å². The first-order valence-electron chi connectivity index (χ1n) is 6.78. The molecule has 1 fully saturated rings. The fourth-order valence-electron chi connectivity index (χ4n) is 2.80. The van der Waals surface area contributed by atoms with Gasteiger partial charge in [0.1, 0.15) is 5.82 Å². The Labute approximate surface area is 114 Å². The zero-order chi connectivity index (χ0) is 14.0. The quantitative estimate of drug-likeness (QED) is 0.907. The molecule has 1 saturated heterocycles. The second-order valence-electron chi connectivity index (χ2n) is 5.95. The summed E-state index contributed by atoms with van der Waals surface area (Å²) >= 11 is 0. The minimum absolute atomic E-state index is 0.0342. The van der Waals surface area contributed by atoms with E-state index in [0.29, 0.717) is 6.04 Å². The zero-order valence-corrected chi connectivity index (χ0v) is 11.9. The lowest BCUT2D eigenvalue weighted by Crippen LogP contribution is -2.62. The first-order chi connectivity index (χ1) is 8.94. The molecule has 0 saturated carbocycles. The summed E-state index contributed by atoms with van der Waals surface area (Å²) < 4.78 is 13.0. The highest BCUT2D eigenvalue weighted by Crippen LogP contribution is 2.28. The van der Waals surface area contributed by atoms with E-state index in [9.17, 15) is 9.50 Å². The number of aliphatic hydroxyl groups is 1. The molecule has 0 aromatic heterocycles. The second kappa shape index (κ2) is 5.47. The van der Waals surface area contributed by atoms with Crippen molar-refractivity contribution in [3.05, 3.63) is 30.1 Å². The standard InChI is InChI=1S/C15H23FN2O/c1-15(2)11-18(10-14(8-9-19)17(15)3)13-6-4-12(16)5-7-13/h4-7,14,19H,8-11H2,1-3H3. The van der Waals surface area contributed by atoms with Crippen molar-refractivity contribution < 1.29 is 9.50 Å². The molecule has 0 aliphatic carbocycles. The van der Waals surface area contributed by atoms with Crippen molar-refractivity contribution >= 4 is 5.69 Å². The van der Waals surface area contributed by atoms with E-state index in [0.717, 1.165) is 25.2 Å². The van der Waals surface area contributed by atoms with E-state index >= 15 is 0 Å². The van der Waals surface area contributed by atoms with Crippen LogP contribution in [0.25, 0.3) is 0 Å². The van der Waals surface area contributed by atoms with Crippen LogP contribution in [-0.2, 0) is 0 Å². The average molecular weight is 266 g/mol. The third kappa shape index (κ3) is 3.07. The Morgan fingerprint density at radius 3 is 2.53 bits per heavy atom. The number of piperazine rings is 1. The van der Waals surface area contributed by atoms with E-state index in [1.807, 2.05) is 12.1 Å². The average Bonchev–Trinajstić information content (AvgIpc) is 2.36. The largest absolute Gasteiger partial charge is 0.396 e. The first-order valence-corrected chi connectivity index (χ1v) is 6.78. The monoisotopic (exact) mass is 266 g/mol. The van der Waals surface area contributed by atoms with Crippen LogP contribution in [0.5, 0.6) is 0 Å². The summed E-state index contributed by atoms with van der Waals surface area (Å²) in [6, 6.07) is 6.97. The Bertz CT molecular complexity index is 419.